The average molecular weight is 142 g/mol. The first-order valence-corrected chi connectivity index (χ1v) is 3.63. The Hall–Kier alpha value is 0.877. The fourth-order valence-electron chi connectivity index (χ4n) is 1.04. The Morgan fingerprint density at radius 2 is 1.67 bits per heavy atom. The molecule has 1 rings (SSSR count). The molecule has 0 nitrogen and oxygen atoms in total. The van der Waals surface area contributed by atoms with E-state index in [9.17, 15) is 4.39 Å². The maximum absolute atomic E-state index is 12.3. The summed E-state index contributed by atoms with van der Waals surface area (Å²) >= 11 is 4.24. The van der Waals surface area contributed by atoms with Crippen molar-refractivity contribution in [3.63, 3.8) is 0 Å². The minimum atomic E-state index is -0.529. The first-order valence-electron chi connectivity index (χ1n) is 3.11. The zero-order chi connectivity index (χ0) is 5.98. The predicted molar refractivity (Wildman–Crippen MR) is 37.3 cm³/mol. The summed E-state index contributed by atoms with van der Waals surface area (Å²) in [6, 6.07) is 0. The Morgan fingerprint density at radius 3 is 2.00 bits per heavy atom. The number of halogens is 1. The van der Waals surface area contributed by atoms with Crippen molar-refractivity contribution in [2.45, 2.75) is 37.1 Å². The number of hydrogen-bond acceptors (Lipinski definition) is 1. The van der Waals surface area contributed by atoms with E-state index >= 15 is 0 Å². The molecule has 0 N–H and O–H groups in total. The topological polar surface area (TPSA) is 0 Å². The van der Waals surface area contributed by atoms with Crippen LogP contribution in [0.1, 0.15) is 27.1 Å². The van der Waals surface area contributed by atoms with Gasteiger partial charge in [-0.15, -0.1) is 0 Å². The summed E-state index contributed by atoms with van der Waals surface area (Å²) < 4.78 is 12.3. The smallest absolute Gasteiger partial charge is 1.00 e. The minimum absolute atomic E-state index is 0. The Kier molecular flexibility index (Phi) is 5.11. The molecule has 0 saturated heterocycles. The van der Waals surface area contributed by atoms with Gasteiger partial charge < -0.3 is 1.43 Å². The van der Waals surface area contributed by atoms with Gasteiger partial charge in [-0.05, 0) is 25.7 Å². The van der Waals surface area contributed by atoms with Crippen LogP contribution in [0.2, 0.25) is 0 Å². The van der Waals surface area contributed by atoms with Crippen LogP contribution in [-0.4, -0.2) is 11.4 Å². The molecule has 0 spiro atoms. The molecule has 0 aromatic rings. The quantitative estimate of drug-likeness (QED) is 0.336. The number of alkyl halides is 1. The van der Waals surface area contributed by atoms with E-state index in [-0.39, 0.29) is 20.3 Å². The normalized spacial score (nSPS) is 35.3. The molecule has 50 valence electrons. The van der Waals surface area contributed by atoms with Gasteiger partial charge in [0.05, 0.1) is 0 Å². The standard InChI is InChI=1S/C6H11FS.Li.H/c7-5-1-3-6(8)4-2-5;;/h5-6,8H,1-4H2;;/q;+1;-1. The minimum Gasteiger partial charge on any atom is -1.00 e. The average Bonchev–Trinajstić information content (AvgIpc) is 1.77. The monoisotopic (exact) mass is 142 g/mol. The van der Waals surface area contributed by atoms with Gasteiger partial charge in [0.25, 0.3) is 0 Å². The molecule has 0 aromatic carbocycles. The maximum Gasteiger partial charge on any atom is 1.00 e. The molecule has 0 bridgehead atoms. The van der Waals surface area contributed by atoms with E-state index in [1.807, 2.05) is 0 Å². The van der Waals surface area contributed by atoms with Gasteiger partial charge in [-0.25, -0.2) is 4.39 Å². The zero-order valence-corrected chi connectivity index (χ0v) is 6.70. The van der Waals surface area contributed by atoms with E-state index in [2.05, 4.69) is 12.6 Å². The predicted octanol–water partition coefficient (Wildman–Crippen LogP) is -0.687. The molecule has 0 radical (unpaired) electrons. The molecule has 9 heavy (non-hydrogen) atoms. The van der Waals surface area contributed by atoms with Gasteiger partial charge in [0.1, 0.15) is 6.17 Å². The van der Waals surface area contributed by atoms with Crippen molar-refractivity contribution in [3.8, 4) is 0 Å². The molecule has 1 fully saturated rings. The van der Waals surface area contributed by atoms with Crippen LogP contribution in [0.4, 0.5) is 4.39 Å². The van der Waals surface area contributed by atoms with Gasteiger partial charge >= 0.3 is 18.9 Å². The summed E-state index contributed by atoms with van der Waals surface area (Å²) in [4.78, 5) is 0. The third-order valence-electron chi connectivity index (χ3n) is 1.63. The second-order valence-corrected chi connectivity index (χ2v) is 3.14. The van der Waals surface area contributed by atoms with E-state index in [0.29, 0.717) is 5.25 Å². The van der Waals surface area contributed by atoms with Crippen LogP contribution >= 0.6 is 12.6 Å². The zero-order valence-electron chi connectivity index (χ0n) is 6.81. The Morgan fingerprint density at radius 1 is 1.22 bits per heavy atom. The second-order valence-electron chi connectivity index (χ2n) is 2.41. The van der Waals surface area contributed by atoms with Crippen LogP contribution in [0.25, 0.3) is 0 Å². The van der Waals surface area contributed by atoms with Crippen molar-refractivity contribution < 1.29 is 24.7 Å². The van der Waals surface area contributed by atoms with E-state index in [1.54, 1.807) is 0 Å². The van der Waals surface area contributed by atoms with Gasteiger partial charge in [-0.1, -0.05) is 0 Å². The van der Waals surface area contributed by atoms with Gasteiger partial charge in [0.2, 0.25) is 0 Å². The van der Waals surface area contributed by atoms with Crippen molar-refractivity contribution in [2.24, 2.45) is 0 Å². The Labute approximate surface area is 74.7 Å². The van der Waals surface area contributed by atoms with Crippen LogP contribution in [0.3, 0.4) is 0 Å². The SMILES string of the molecule is FC1CCC(S)CC1.[H-].[Li+]. The fraction of sp³-hybridized carbons (Fsp3) is 1.00. The number of hydrogen-bond donors (Lipinski definition) is 1. The summed E-state index contributed by atoms with van der Waals surface area (Å²) in [7, 11) is 0. The summed E-state index contributed by atoms with van der Waals surface area (Å²) in [6.45, 7) is 0. The van der Waals surface area contributed by atoms with Crippen LogP contribution in [0, 0.1) is 0 Å². The summed E-state index contributed by atoms with van der Waals surface area (Å²) in [6.07, 6.45) is 2.86. The first-order chi connectivity index (χ1) is 3.79. The van der Waals surface area contributed by atoms with Crippen LogP contribution in [0.15, 0.2) is 0 Å². The molecule has 0 aliphatic heterocycles. The third-order valence-corrected chi connectivity index (χ3v) is 2.14. The first kappa shape index (κ1) is 9.88. The molecule has 0 heterocycles. The van der Waals surface area contributed by atoms with Gasteiger partial charge in [-0.3, -0.25) is 0 Å². The van der Waals surface area contributed by atoms with Crippen LogP contribution in [-0.2, 0) is 0 Å². The molecule has 3 heteroatoms. The fourth-order valence-corrected chi connectivity index (χ4v) is 1.33. The van der Waals surface area contributed by atoms with Crippen molar-refractivity contribution >= 4 is 12.6 Å². The Bertz CT molecular complexity index is 66.1. The van der Waals surface area contributed by atoms with Crippen LogP contribution < -0.4 is 18.9 Å². The Balaban J connectivity index is 0. The molecule has 0 unspecified atom stereocenters. The van der Waals surface area contributed by atoms with Crippen molar-refractivity contribution in [2.75, 3.05) is 0 Å². The largest absolute Gasteiger partial charge is 1.00 e. The maximum atomic E-state index is 12.3. The van der Waals surface area contributed by atoms with Crippen molar-refractivity contribution in [1.82, 2.24) is 0 Å². The number of thiol groups is 1. The van der Waals surface area contributed by atoms with Gasteiger partial charge in [0, 0.05) is 5.25 Å². The number of rotatable bonds is 0. The van der Waals surface area contributed by atoms with E-state index in [1.165, 1.54) is 0 Å². The summed E-state index contributed by atoms with van der Waals surface area (Å²) in [5.74, 6) is 0. The molecule has 0 amide bonds. The molecule has 0 atom stereocenters. The molecular weight excluding hydrogens is 130 g/mol. The summed E-state index contributed by atoms with van der Waals surface area (Å²) in [5.41, 5.74) is 0. The van der Waals surface area contributed by atoms with Crippen molar-refractivity contribution in [3.05, 3.63) is 0 Å². The molecule has 1 saturated carbocycles. The van der Waals surface area contributed by atoms with E-state index in [0.717, 1.165) is 25.7 Å². The summed E-state index contributed by atoms with van der Waals surface area (Å²) in [5, 5.41) is 0.474. The van der Waals surface area contributed by atoms with Crippen molar-refractivity contribution in [1.29, 1.82) is 0 Å². The molecule has 1 aliphatic rings. The van der Waals surface area contributed by atoms with Gasteiger partial charge in [-0.2, -0.15) is 12.6 Å². The molecular formula is C6H12FLiS. The van der Waals surface area contributed by atoms with E-state index in [4.69, 9.17) is 0 Å². The van der Waals surface area contributed by atoms with Gasteiger partial charge in [0.15, 0.2) is 0 Å². The third kappa shape index (κ3) is 3.55. The van der Waals surface area contributed by atoms with E-state index < -0.39 is 6.17 Å². The molecule has 1 aliphatic carbocycles. The molecule has 0 aromatic heterocycles. The van der Waals surface area contributed by atoms with Crippen LogP contribution in [0.5, 0.6) is 0 Å². The second kappa shape index (κ2) is 4.66.